The molecule has 1 fully saturated rings. The minimum Gasteiger partial charge on any atom is -0.378 e. The molecule has 1 aromatic rings. The smallest absolute Gasteiger partial charge is 0.193 e. The number of benzene rings is 1. The Hall–Kier alpha value is -1.75. The third-order valence-corrected chi connectivity index (χ3v) is 5.44. The van der Waals surface area contributed by atoms with E-state index in [1.807, 2.05) is 0 Å². The molecule has 0 saturated carbocycles. The van der Waals surface area contributed by atoms with Crippen LogP contribution in [0.1, 0.15) is 39.2 Å². The largest absolute Gasteiger partial charge is 0.378 e. The second kappa shape index (κ2) is 9.26. The molecule has 5 nitrogen and oxygen atoms in total. The van der Waals surface area contributed by atoms with E-state index >= 15 is 0 Å². The Morgan fingerprint density at radius 1 is 1.23 bits per heavy atom. The Bertz CT molecular complexity index is 595. The Morgan fingerprint density at radius 3 is 2.73 bits per heavy atom. The van der Waals surface area contributed by atoms with Gasteiger partial charge in [-0.2, -0.15) is 0 Å². The average molecular weight is 359 g/mol. The lowest BCUT2D eigenvalue weighted by atomic mass is 10.1. The summed E-state index contributed by atoms with van der Waals surface area (Å²) in [6, 6.07) is 9.18. The van der Waals surface area contributed by atoms with Gasteiger partial charge in [0.2, 0.25) is 0 Å². The van der Waals surface area contributed by atoms with E-state index in [-0.39, 0.29) is 0 Å². The number of nitrogens with one attached hydrogen (secondary N) is 1. The number of rotatable bonds is 6. The Morgan fingerprint density at radius 2 is 2.00 bits per heavy atom. The van der Waals surface area contributed by atoms with Crippen LogP contribution in [0.4, 0.5) is 5.69 Å². The highest BCUT2D eigenvalue weighted by Gasteiger charge is 2.24. The number of likely N-dealkylation sites (tertiary alicyclic amines) is 1. The van der Waals surface area contributed by atoms with Crippen molar-refractivity contribution in [1.29, 1.82) is 0 Å². The van der Waals surface area contributed by atoms with Crippen molar-refractivity contribution in [2.24, 2.45) is 4.99 Å². The van der Waals surface area contributed by atoms with Gasteiger partial charge in [0.25, 0.3) is 0 Å². The highest BCUT2D eigenvalue weighted by Crippen LogP contribution is 2.29. The Labute approximate surface area is 158 Å². The van der Waals surface area contributed by atoms with E-state index in [1.165, 1.54) is 11.3 Å². The summed E-state index contributed by atoms with van der Waals surface area (Å²) in [5.41, 5.74) is 2.85. The highest BCUT2D eigenvalue weighted by molar-refractivity contribution is 5.80. The standard InChI is InChI=1S/C21H34N4O/c1-4-22-21(24-13-11-19(12-14-24)26-5-2)23-16-17(3)25-15-10-18-8-6-7-9-20(18)25/h6-9,17,19H,4-5,10-16H2,1-3H3,(H,22,23). The minimum atomic E-state index is 0.410. The topological polar surface area (TPSA) is 40.1 Å². The molecule has 1 saturated heterocycles. The molecule has 0 amide bonds. The zero-order valence-electron chi connectivity index (χ0n) is 16.6. The van der Waals surface area contributed by atoms with Crippen LogP contribution in [0.15, 0.2) is 29.3 Å². The van der Waals surface area contributed by atoms with Gasteiger partial charge in [-0.05, 0) is 51.7 Å². The van der Waals surface area contributed by atoms with Crippen LogP contribution in [0.25, 0.3) is 0 Å². The molecular formula is C21H34N4O. The van der Waals surface area contributed by atoms with E-state index in [0.717, 1.165) is 64.6 Å². The number of nitrogens with zero attached hydrogens (tertiary/aromatic N) is 3. The van der Waals surface area contributed by atoms with E-state index in [9.17, 15) is 0 Å². The highest BCUT2D eigenvalue weighted by atomic mass is 16.5. The van der Waals surface area contributed by atoms with Crippen LogP contribution < -0.4 is 10.2 Å². The maximum absolute atomic E-state index is 5.78. The molecule has 1 unspecified atom stereocenters. The molecule has 0 radical (unpaired) electrons. The second-order valence-corrected chi connectivity index (χ2v) is 7.26. The van der Waals surface area contributed by atoms with Gasteiger partial charge in [-0.25, -0.2) is 0 Å². The number of anilines is 1. The summed E-state index contributed by atoms with van der Waals surface area (Å²) in [5.74, 6) is 1.06. The summed E-state index contributed by atoms with van der Waals surface area (Å²) in [6.07, 6.45) is 3.75. The van der Waals surface area contributed by atoms with Crippen LogP contribution in [-0.4, -0.2) is 62.3 Å². The molecule has 0 aromatic heterocycles. The van der Waals surface area contributed by atoms with Crippen molar-refractivity contribution in [2.75, 3.05) is 44.2 Å². The van der Waals surface area contributed by atoms with Crippen LogP contribution in [0.2, 0.25) is 0 Å². The van der Waals surface area contributed by atoms with Crippen LogP contribution in [-0.2, 0) is 11.2 Å². The first-order valence-electron chi connectivity index (χ1n) is 10.2. The van der Waals surface area contributed by atoms with Gasteiger partial charge in [-0.3, -0.25) is 4.99 Å². The van der Waals surface area contributed by atoms with Crippen LogP contribution in [0, 0.1) is 0 Å². The molecule has 2 aliphatic rings. The number of aliphatic imine (C=N–C) groups is 1. The monoisotopic (exact) mass is 358 g/mol. The number of hydrogen-bond acceptors (Lipinski definition) is 3. The predicted octanol–water partition coefficient (Wildman–Crippen LogP) is 2.90. The minimum absolute atomic E-state index is 0.410. The molecule has 0 aliphatic carbocycles. The molecule has 0 spiro atoms. The van der Waals surface area contributed by atoms with Crippen molar-refractivity contribution in [3.05, 3.63) is 29.8 Å². The normalized spacial score (nSPS) is 19.6. The van der Waals surface area contributed by atoms with Gasteiger partial charge >= 0.3 is 0 Å². The van der Waals surface area contributed by atoms with E-state index in [4.69, 9.17) is 9.73 Å². The average Bonchev–Trinajstić information content (AvgIpc) is 3.10. The number of piperidine rings is 1. The van der Waals surface area contributed by atoms with Crippen LogP contribution >= 0.6 is 0 Å². The third kappa shape index (κ3) is 4.50. The van der Waals surface area contributed by atoms with E-state index < -0.39 is 0 Å². The van der Waals surface area contributed by atoms with Gasteiger partial charge in [-0.15, -0.1) is 0 Å². The molecule has 26 heavy (non-hydrogen) atoms. The summed E-state index contributed by atoms with van der Waals surface area (Å²) >= 11 is 0. The fourth-order valence-electron chi connectivity index (χ4n) is 4.03. The van der Waals surface area contributed by atoms with Crippen LogP contribution in [0.3, 0.4) is 0 Å². The molecular weight excluding hydrogens is 324 g/mol. The maximum Gasteiger partial charge on any atom is 0.193 e. The van der Waals surface area contributed by atoms with Gasteiger partial charge in [0, 0.05) is 44.5 Å². The van der Waals surface area contributed by atoms with Crippen molar-refractivity contribution in [3.63, 3.8) is 0 Å². The maximum atomic E-state index is 5.78. The number of guanidine groups is 1. The quantitative estimate of drug-likeness (QED) is 0.627. The molecule has 3 rings (SSSR count). The molecule has 0 bridgehead atoms. The molecule has 1 aromatic carbocycles. The number of fused-ring (bicyclic) bond motifs is 1. The molecule has 2 heterocycles. The van der Waals surface area contributed by atoms with Crippen molar-refractivity contribution in [1.82, 2.24) is 10.2 Å². The summed E-state index contributed by atoms with van der Waals surface area (Å²) in [4.78, 5) is 9.87. The van der Waals surface area contributed by atoms with Gasteiger partial charge in [0.05, 0.1) is 12.6 Å². The lowest BCUT2D eigenvalue weighted by Gasteiger charge is -2.34. The first kappa shape index (κ1) is 19.0. The fourth-order valence-corrected chi connectivity index (χ4v) is 4.03. The van der Waals surface area contributed by atoms with Crippen molar-refractivity contribution >= 4 is 11.6 Å². The van der Waals surface area contributed by atoms with Gasteiger partial charge in [0.1, 0.15) is 0 Å². The number of ether oxygens (including phenoxy) is 1. The SMILES string of the molecule is CCNC(=NCC(C)N1CCc2ccccc21)N1CCC(OCC)CC1. The van der Waals surface area contributed by atoms with Crippen molar-refractivity contribution in [2.45, 2.75) is 52.2 Å². The van der Waals surface area contributed by atoms with Crippen LogP contribution in [0.5, 0.6) is 0 Å². The zero-order chi connectivity index (χ0) is 18.4. The summed E-state index contributed by atoms with van der Waals surface area (Å²) in [6.45, 7) is 12.2. The molecule has 144 valence electrons. The van der Waals surface area contributed by atoms with Crippen molar-refractivity contribution < 1.29 is 4.74 Å². The fraction of sp³-hybridized carbons (Fsp3) is 0.667. The Balaban J connectivity index is 1.59. The van der Waals surface area contributed by atoms with E-state index in [1.54, 1.807) is 0 Å². The molecule has 1 N–H and O–H groups in total. The summed E-state index contributed by atoms with van der Waals surface area (Å²) in [7, 11) is 0. The van der Waals surface area contributed by atoms with Gasteiger partial charge < -0.3 is 19.9 Å². The Kier molecular flexibility index (Phi) is 6.78. The zero-order valence-corrected chi connectivity index (χ0v) is 16.6. The summed E-state index contributed by atoms with van der Waals surface area (Å²) < 4.78 is 5.78. The lowest BCUT2D eigenvalue weighted by Crippen LogP contribution is -2.47. The first-order valence-corrected chi connectivity index (χ1v) is 10.2. The second-order valence-electron chi connectivity index (χ2n) is 7.26. The van der Waals surface area contributed by atoms with E-state index in [0.29, 0.717) is 12.1 Å². The van der Waals surface area contributed by atoms with Gasteiger partial charge in [-0.1, -0.05) is 18.2 Å². The molecule has 1 atom stereocenters. The molecule has 2 aliphatic heterocycles. The predicted molar refractivity (Wildman–Crippen MR) is 109 cm³/mol. The van der Waals surface area contributed by atoms with Crippen molar-refractivity contribution in [3.8, 4) is 0 Å². The lowest BCUT2D eigenvalue weighted by molar-refractivity contribution is 0.0263. The first-order chi connectivity index (χ1) is 12.7. The summed E-state index contributed by atoms with van der Waals surface area (Å²) in [5, 5.41) is 3.48. The van der Waals surface area contributed by atoms with Gasteiger partial charge in [0.15, 0.2) is 5.96 Å². The number of hydrogen-bond donors (Lipinski definition) is 1. The number of para-hydroxylation sites is 1. The van der Waals surface area contributed by atoms with E-state index in [2.05, 4.69) is 60.2 Å². The third-order valence-electron chi connectivity index (χ3n) is 5.44. The molecule has 5 heteroatoms.